The summed E-state index contributed by atoms with van der Waals surface area (Å²) in [5, 5.41) is 29.9. The summed E-state index contributed by atoms with van der Waals surface area (Å²) in [6.07, 6.45) is 9.72. The minimum Gasteiger partial charge on any atom is -0.395 e. The average molecular weight is 925 g/mol. The van der Waals surface area contributed by atoms with Gasteiger partial charge >= 0.3 is 0 Å². The lowest BCUT2D eigenvalue weighted by Crippen LogP contribution is -2.52. The molecule has 0 saturated carbocycles. The van der Waals surface area contributed by atoms with Crippen molar-refractivity contribution in [2.45, 2.75) is 78.1 Å². The maximum atomic E-state index is 14.3. The Labute approximate surface area is 401 Å². The Morgan fingerprint density at radius 1 is 0.652 bits per heavy atom. The minimum absolute atomic E-state index is 0.214. The van der Waals surface area contributed by atoms with E-state index in [0.717, 1.165) is 79.4 Å². The first-order valence-corrected chi connectivity index (χ1v) is 23.7. The number of aromatic nitrogens is 8. The van der Waals surface area contributed by atoms with Crippen molar-refractivity contribution < 1.29 is 14.6 Å². The predicted molar refractivity (Wildman–Crippen MR) is 265 cm³/mol. The van der Waals surface area contributed by atoms with Crippen LogP contribution in [0.25, 0.3) is 11.4 Å². The van der Waals surface area contributed by atoms with E-state index in [1.165, 1.54) is 11.6 Å². The van der Waals surface area contributed by atoms with Crippen molar-refractivity contribution in [3.05, 3.63) is 190 Å². The molecule has 2 atom stereocenters. The van der Waals surface area contributed by atoms with E-state index in [1.807, 2.05) is 77.8 Å². The number of halogens is 1. The summed E-state index contributed by atoms with van der Waals surface area (Å²) in [5.41, 5.74) is 12.8. The smallest absolute Gasteiger partial charge is 0.227 e. The number of aliphatic hydroxyl groups excluding tert-OH is 2. The molecule has 0 spiro atoms. The Morgan fingerprint density at radius 3 is 1.83 bits per heavy atom. The van der Waals surface area contributed by atoms with E-state index in [0.29, 0.717) is 76.7 Å². The summed E-state index contributed by atoms with van der Waals surface area (Å²) in [7, 11) is 0. The number of fused-ring (bicyclic) bond motifs is 2. The zero-order valence-corrected chi connectivity index (χ0v) is 39.2. The van der Waals surface area contributed by atoms with Gasteiger partial charge in [0, 0.05) is 111 Å². The minimum atomic E-state index is -0.846. The van der Waals surface area contributed by atoms with E-state index in [9.17, 15) is 14.6 Å². The number of benzene rings is 4. The van der Waals surface area contributed by atoms with Gasteiger partial charge in [0.15, 0.2) is 0 Å². The highest BCUT2D eigenvalue weighted by Gasteiger charge is 2.33. The van der Waals surface area contributed by atoms with Crippen molar-refractivity contribution >= 4 is 23.3 Å². The van der Waals surface area contributed by atoms with E-state index in [1.54, 1.807) is 24.5 Å². The third-order valence-corrected chi connectivity index (χ3v) is 13.4. The molecule has 6 heterocycles. The number of rotatable bonds is 16. The summed E-state index contributed by atoms with van der Waals surface area (Å²) in [6.45, 7) is 8.54. The number of nitrogens with zero attached hydrogens (tertiary/aromatic N) is 10. The van der Waals surface area contributed by atoms with Gasteiger partial charge in [-0.05, 0) is 105 Å². The largest absolute Gasteiger partial charge is 0.395 e. The molecule has 0 fully saturated rings. The lowest BCUT2D eigenvalue weighted by molar-refractivity contribution is -0.0110. The molecule has 2 unspecified atom stereocenters. The van der Waals surface area contributed by atoms with Crippen LogP contribution >= 0.6 is 0 Å². The highest BCUT2D eigenvalue weighted by Crippen LogP contribution is 2.30. The summed E-state index contributed by atoms with van der Waals surface area (Å²) in [5.74, 6) is 2.60. The number of aryl methyl sites for hydroxylation is 5. The Bertz CT molecular complexity index is 3040. The van der Waals surface area contributed by atoms with Crippen LogP contribution in [0.3, 0.4) is 0 Å². The summed E-state index contributed by atoms with van der Waals surface area (Å²) >= 11 is 0. The molecule has 0 radical (unpaired) electrons. The van der Waals surface area contributed by atoms with Gasteiger partial charge in [-0.2, -0.15) is 0 Å². The molecule has 4 N–H and O–H groups in total. The second kappa shape index (κ2) is 20.2. The standard InChI is InChI=1S/C54H57FN12O2/c1-35-7-9-39(10-8-35)30-50-45-31-64(25-21-48(45)61-54(63-50)59-42-14-18-44(19-15-42)67-28-24-57-37(67)3)33-52(69)51(34-68)65-26-22-49-46(32-65)47(20-11-38-5-4-6-40(55)29-38)60-53(62-49)58-41-12-16-43(17-13-41)66-27-23-56-36(66)2/h4-10,12-19,23-24,27-29,51-52,68-69H,11,20-22,25-26,30-34H2,1-3H3,(H,58,60,62)(H,59,61,63). The lowest BCUT2D eigenvalue weighted by Gasteiger charge is -2.39. The van der Waals surface area contributed by atoms with Gasteiger partial charge in [0.25, 0.3) is 0 Å². The number of β-amino-alcohol motifs (C(OH)–C–C–N with tert-alkyl or cyclic N) is 1. The number of hydrogen-bond acceptors (Lipinski definition) is 12. The normalized spacial score (nSPS) is 14.8. The van der Waals surface area contributed by atoms with Crippen molar-refractivity contribution in [1.29, 1.82) is 0 Å². The highest BCUT2D eigenvalue weighted by atomic mass is 19.1. The molecule has 2 aliphatic heterocycles. The van der Waals surface area contributed by atoms with E-state index in [-0.39, 0.29) is 12.4 Å². The van der Waals surface area contributed by atoms with Crippen LogP contribution in [0, 0.1) is 26.6 Å². The molecule has 352 valence electrons. The zero-order valence-electron chi connectivity index (χ0n) is 39.2. The van der Waals surface area contributed by atoms with Crippen LogP contribution in [0.2, 0.25) is 0 Å². The molecule has 8 aromatic rings. The molecule has 2 aliphatic rings. The van der Waals surface area contributed by atoms with Gasteiger partial charge in [-0.3, -0.25) is 9.80 Å². The molecule has 69 heavy (non-hydrogen) atoms. The molecular formula is C54H57FN12O2. The fraction of sp³-hybridized carbons (Fsp3) is 0.296. The Balaban J connectivity index is 0.855. The third kappa shape index (κ3) is 10.5. The third-order valence-electron chi connectivity index (χ3n) is 13.4. The summed E-state index contributed by atoms with van der Waals surface area (Å²) < 4.78 is 18.3. The summed E-state index contributed by atoms with van der Waals surface area (Å²) in [4.78, 5) is 33.4. The molecule has 10 rings (SSSR count). The van der Waals surface area contributed by atoms with Gasteiger partial charge in [-0.15, -0.1) is 0 Å². The maximum absolute atomic E-state index is 14.3. The SMILES string of the molecule is Cc1ccc(Cc2nc(Nc3ccc(-n4ccnc4C)cc3)nc3c2CN(CC(O)C(CO)N2CCc4nc(Nc5ccc(-n6ccnc6C)cc5)nc(CCc5cccc(F)c5)c4C2)CC3)cc1. The van der Waals surface area contributed by atoms with E-state index >= 15 is 0 Å². The second-order valence-corrected chi connectivity index (χ2v) is 18.2. The molecule has 0 aliphatic carbocycles. The molecule has 15 heteroatoms. The van der Waals surface area contributed by atoms with Crippen molar-refractivity contribution in [3.8, 4) is 11.4 Å². The van der Waals surface area contributed by atoms with Crippen molar-refractivity contribution in [2.24, 2.45) is 0 Å². The van der Waals surface area contributed by atoms with Crippen LogP contribution in [0.1, 0.15) is 62.2 Å². The maximum Gasteiger partial charge on any atom is 0.227 e. The zero-order chi connectivity index (χ0) is 47.4. The predicted octanol–water partition coefficient (Wildman–Crippen LogP) is 7.70. The molecule has 0 amide bonds. The van der Waals surface area contributed by atoms with Crippen LogP contribution in [-0.2, 0) is 45.2 Å². The Kier molecular flexibility index (Phi) is 13.3. The van der Waals surface area contributed by atoms with E-state index in [2.05, 4.69) is 73.7 Å². The van der Waals surface area contributed by atoms with Crippen molar-refractivity contribution in [1.82, 2.24) is 48.8 Å². The van der Waals surface area contributed by atoms with Gasteiger partial charge in [0.05, 0.1) is 41.5 Å². The number of anilines is 4. The van der Waals surface area contributed by atoms with Gasteiger partial charge < -0.3 is 30.0 Å². The molecule has 0 saturated heterocycles. The van der Waals surface area contributed by atoms with E-state index in [4.69, 9.17) is 19.9 Å². The van der Waals surface area contributed by atoms with Crippen LogP contribution in [-0.4, -0.2) is 97.4 Å². The van der Waals surface area contributed by atoms with Crippen LogP contribution in [0.4, 0.5) is 27.7 Å². The highest BCUT2D eigenvalue weighted by molar-refractivity contribution is 5.58. The summed E-state index contributed by atoms with van der Waals surface area (Å²) in [6, 6.07) is 30.9. The van der Waals surface area contributed by atoms with Crippen molar-refractivity contribution in [3.63, 3.8) is 0 Å². The molecule has 0 bridgehead atoms. The van der Waals surface area contributed by atoms with E-state index < -0.39 is 12.1 Å². The molecule has 4 aromatic carbocycles. The first-order chi connectivity index (χ1) is 33.6. The first-order valence-electron chi connectivity index (χ1n) is 23.7. The Morgan fingerprint density at radius 2 is 1.25 bits per heavy atom. The van der Waals surface area contributed by atoms with Crippen LogP contribution < -0.4 is 10.6 Å². The van der Waals surface area contributed by atoms with Gasteiger partial charge in [0.2, 0.25) is 11.9 Å². The van der Waals surface area contributed by atoms with Gasteiger partial charge in [-0.25, -0.2) is 34.3 Å². The average Bonchev–Trinajstić information content (AvgIpc) is 3.99. The molecular weight excluding hydrogens is 868 g/mol. The van der Waals surface area contributed by atoms with Gasteiger partial charge in [-0.1, -0.05) is 42.0 Å². The molecule has 4 aromatic heterocycles. The number of hydrogen-bond donors (Lipinski definition) is 4. The fourth-order valence-electron chi connectivity index (χ4n) is 9.64. The van der Waals surface area contributed by atoms with Crippen LogP contribution in [0.15, 0.2) is 122 Å². The number of aliphatic hydroxyl groups is 2. The molecule has 14 nitrogen and oxygen atoms in total. The number of nitrogens with one attached hydrogen (secondary N) is 2. The van der Waals surface area contributed by atoms with Crippen LogP contribution in [0.5, 0.6) is 0 Å². The van der Waals surface area contributed by atoms with Gasteiger partial charge in [0.1, 0.15) is 17.5 Å². The monoisotopic (exact) mass is 924 g/mol. The number of imidazole rings is 2. The second-order valence-electron chi connectivity index (χ2n) is 18.2. The first kappa shape index (κ1) is 45.6. The topological polar surface area (TPSA) is 158 Å². The Hall–Kier alpha value is -7.17. The quantitative estimate of drug-likeness (QED) is 0.0750. The van der Waals surface area contributed by atoms with Crippen molar-refractivity contribution in [2.75, 3.05) is 36.9 Å². The lowest BCUT2D eigenvalue weighted by atomic mass is 9.96. The fourth-order valence-corrected chi connectivity index (χ4v) is 9.64.